The molecular formula is C39H40BrClN2O6. The van der Waals surface area contributed by atoms with Crippen LogP contribution in [-0.4, -0.2) is 35.4 Å². The molecule has 10 heteroatoms. The minimum atomic E-state index is -1.79. The van der Waals surface area contributed by atoms with Gasteiger partial charge in [0.25, 0.3) is 0 Å². The molecule has 0 aromatic heterocycles. The molecule has 49 heavy (non-hydrogen) atoms. The molecule has 0 bridgehead atoms. The van der Waals surface area contributed by atoms with E-state index < -0.39 is 47.4 Å². The number of ketones is 1. The lowest BCUT2D eigenvalue weighted by Gasteiger charge is -2.44. The van der Waals surface area contributed by atoms with Crippen molar-refractivity contribution in [1.82, 2.24) is 0 Å². The zero-order chi connectivity index (χ0) is 35.6. The Balaban J connectivity index is 1.62. The number of methoxy groups -OCH3 is 1. The van der Waals surface area contributed by atoms with Crippen molar-refractivity contribution in [3.63, 3.8) is 0 Å². The first-order chi connectivity index (χ1) is 23.2. The topological polar surface area (TPSA) is 114 Å². The highest BCUT2D eigenvalue weighted by molar-refractivity contribution is 9.10. The summed E-state index contributed by atoms with van der Waals surface area (Å²) in [5.41, 5.74) is 4.07. The number of amides is 2. The van der Waals surface area contributed by atoms with Crippen molar-refractivity contribution in [3.8, 4) is 11.5 Å². The number of Topliss-reactive ketones (excluding diaryl/α,β-unsaturated/α-hetero) is 1. The summed E-state index contributed by atoms with van der Waals surface area (Å²) >= 11 is 9.97. The Morgan fingerprint density at radius 1 is 0.918 bits per heavy atom. The van der Waals surface area contributed by atoms with Crippen LogP contribution in [0.4, 0.5) is 11.4 Å². The second-order valence-electron chi connectivity index (χ2n) is 13.0. The summed E-state index contributed by atoms with van der Waals surface area (Å²) in [7, 11) is 1.48. The van der Waals surface area contributed by atoms with E-state index in [4.69, 9.17) is 21.1 Å². The number of nitrogens with one attached hydrogen (secondary N) is 2. The molecule has 8 nitrogen and oxygen atoms in total. The summed E-state index contributed by atoms with van der Waals surface area (Å²) in [4.78, 5) is 42.6. The van der Waals surface area contributed by atoms with Gasteiger partial charge in [-0.2, -0.15) is 0 Å². The molecule has 1 aliphatic carbocycles. The van der Waals surface area contributed by atoms with Crippen LogP contribution in [0.3, 0.4) is 0 Å². The normalized spacial score (nSPS) is 20.4. The van der Waals surface area contributed by atoms with Gasteiger partial charge in [0, 0.05) is 34.3 Å². The highest BCUT2D eigenvalue weighted by Gasteiger charge is 2.56. The minimum absolute atomic E-state index is 0.145. The number of carbonyl (C=O) groups is 3. The molecule has 4 atom stereocenters. The fourth-order valence-corrected chi connectivity index (χ4v) is 7.26. The first kappa shape index (κ1) is 36.1. The number of ether oxygens (including phenoxy) is 2. The first-order valence-electron chi connectivity index (χ1n) is 15.9. The predicted molar refractivity (Wildman–Crippen MR) is 196 cm³/mol. The summed E-state index contributed by atoms with van der Waals surface area (Å²) in [5.74, 6) is -4.53. The number of benzene rings is 4. The van der Waals surface area contributed by atoms with Gasteiger partial charge in [0.1, 0.15) is 18.3 Å². The third-order valence-electron chi connectivity index (χ3n) is 9.10. The quantitative estimate of drug-likeness (QED) is 0.149. The van der Waals surface area contributed by atoms with Gasteiger partial charge in [-0.1, -0.05) is 54.1 Å². The maximum absolute atomic E-state index is 14.4. The Kier molecular flexibility index (Phi) is 10.9. The molecule has 0 saturated heterocycles. The van der Waals surface area contributed by atoms with E-state index in [-0.39, 0.29) is 6.61 Å². The number of hydrogen-bond acceptors (Lipinski definition) is 6. The number of rotatable bonds is 9. The van der Waals surface area contributed by atoms with Crippen molar-refractivity contribution in [2.75, 3.05) is 17.7 Å². The van der Waals surface area contributed by atoms with E-state index in [0.717, 1.165) is 27.8 Å². The lowest BCUT2D eigenvalue weighted by molar-refractivity contribution is -0.150. The molecule has 5 rings (SSSR count). The zero-order valence-corrected chi connectivity index (χ0v) is 30.7. The molecule has 1 saturated carbocycles. The molecule has 4 aromatic rings. The Bertz CT molecular complexity index is 1930. The summed E-state index contributed by atoms with van der Waals surface area (Å²) in [6.07, 6.45) is -0.392. The van der Waals surface area contributed by atoms with E-state index in [1.807, 2.05) is 82.3 Å². The van der Waals surface area contributed by atoms with Crippen LogP contribution in [0, 0.1) is 39.5 Å². The second-order valence-corrected chi connectivity index (χ2v) is 14.3. The maximum atomic E-state index is 14.4. The average molecular weight is 748 g/mol. The summed E-state index contributed by atoms with van der Waals surface area (Å²) < 4.78 is 12.4. The summed E-state index contributed by atoms with van der Waals surface area (Å²) in [6.45, 7) is 9.18. The van der Waals surface area contributed by atoms with Gasteiger partial charge in [0.2, 0.25) is 11.8 Å². The maximum Gasteiger partial charge on any atom is 0.235 e. The van der Waals surface area contributed by atoms with Crippen LogP contribution >= 0.6 is 27.5 Å². The van der Waals surface area contributed by atoms with Gasteiger partial charge in [-0.3, -0.25) is 14.4 Å². The van der Waals surface area contributed by atoms with Crippen molar-refractivity contribution in [2.24, 2.45) is 11.8 Å². The first-order valence-corrected chi connectivity index (χ1v) is 17.1. The van der Waals surface area contributed by atoms with E-state index in [9.17, 15) is 19.5 Å². The van der Waals surface area contributed by atoms with Gasteiger partial charge in [0.15, 0.2) is 11.5 Å². The fourth-order valence-electron chi connectivity index (χ4n) is 6.49. The van der Waals surface area contributed by atoms with Crippen molar-refractivity contribution in [2.45, 2.75) is 59.2 Å². The van der Waals surface area contributed by atoms with Crippen molar-refractivity contribution >= 4 is 56.5 Å². The number of anilines is 2. The molecular weight excluding hydrogens is 708 g/mol. The van der Waals surface area contributed by atoms with E-state index in [0.29, 0.717) is 37.9 Å². The molecule has 0 spiro atoms. The van der Waals surface area contributed by atoms with Crippen LogP contribution in [0.15, 0.2) is 77.3 Å². The van der Waals surface area contributed by atoms with Gasteiger partial charge < -0.3 is 25.2 Å². The Morgan fingerprint density at radius 3 is 2.10 bits per heavy atom. The standard InChI is InChI=1S/C39H40BrClN2O6/c1-21-11-13-23(3)29(15-21)42-37(45)34-31(44)19-39(5,47)35(38(46)43-30-16-22(2)12-14-24(30)4)33(34)26-17-27(40)36(32(18-26)48-6)49-20-25-9-7-8-10-28(25)41/h7-18,33-35,47H,19-20H2,1-6H3,(H,42,45)(H,43,46). The van der Waals surface area contributed by atoms with Gasteiger partial charge in [-0.25, -0.2) is 0 Å². The van der Waals surface area contributed by atoms with Crippen LogP contribution in [0.5, 0.6) is 11.5 Å². The SMILES string of the molecule is COc1cc(C2C(C(=O)Nc3cc(C)ccc3C)C(=O)CC(C)(O)C2C(=O)Nc2cc(C)ccc2C)cc(Br)c1OCc1ccccc1Cl. The molecule has 0 radical (unpaired) electrons. The molecule has 4 aromatic carbocycles. The molecule has 0 aliphatic heterocycles. The third-order valence-corrected chi connectivity index (χ3v) is 10.1. The number of carbonyl (C=O) groups excluding carboxylic acids is 3. The molecule has 1 fully saturated rings. The van der Waals surface area contributed by atoms with Crippen molar-refractivity contribution in [3.05, 3.63) is 116 Å². The Morgan fingerprint density at radius 2 is 1.51 bits per heavy atom. The Hall–Kier alpha value is -4.18. The van der Waals surface area contributed by atoms with Gasteiger partial charge >= 0.3 is 0 Å². The second kappa shape index (κ2) is 14.7. The molecule has 4 unspecified atom stereocenters. The third kappa shape index (κ3) is 7.85. The number of halogens is 2. The molecule has 256 valence electrons. The molecule has 3 N–H and O–H groups in total. The van der Waals surface area contributed by atoms with Crippen LogP contribution in [0.1, 0.15) is 52.6 Å². The smallest absolute Gasteiger partial charge is 0.235 e. The van der Waals surface area contributed by atoms with Gasteiger partial charge in [0.05, 0.1) is 23.1 Å². The lowest BCUT2D eigenvalue weighted by Crippen LogP contribution is -2.56. The Labute approximate surface area is 300 Å². The highest BCUT2D eigenvalue weighted by atomic mass is 79.9. The van der Waals surface area contributed by atoms with E-state index in [1.54, 1.807) is 18.2 Å². The lowest BCUT2D eigenvalue weighted by atomic mass is 9.61. The van der Waals surface area contributed by atoms with Crippen LogP contribution < -0.4 is 20.1 Å². The van der Waals surface area contributed by atoms with Gasteiger partial charge in [-0.05, 0) is 109 Å². The predicted octanol–water partition coefficient (Wildman–Crippen LogP) is 8.24. The van der Waals surface area contributed by atoms with Crippen LogP contribution in [0.2, 0.25) is 5.02 Å². The van der Waals surface area contributed by atoms with E-state index >= 15 is 0 Å². The molecule has 1 aliphatic rings. The zero-order valence-electron chi connectivity index (χ0n) is 28.3. The summed E-state index contributed by atoms with van der Waals surface area (Å²) in [5, 5.41) is 18.4. The number of aliphatic hydroxyl groups is 1. The minimum Gasteiger partial charge on any atom is -0.493 e. The summed E-state index contributed by atoms with van der Waals surface area (Å²) in [6, 6.07) is 22.0. The van der Waals surface area contributed by atoms with Crippen molar-refractivity contribution in [1.29, 1.82) is 0 Å². The van der Waals surface area contributed by atoms with Crippen LogP contribution in [-0.2, 0) is 21.0 Å². The largest absolute Gasteiger partial charge is 0.493 e. The van der Waals surface area contributed by atoms with Gasteiger partial charge in [-0.15, -0.1) is 0 Å². The number of aryl methyl sites for hydroxylation is 4. The monoisotopic (exact) mass is 746 g/mol. The molecule has 2 amide bonds. The van der Waals surface area contributed by atoms with Crippen LogP contribution in [0.25, 0.3) is 0 Å². The average Bonchev–Trinajstić information content (AvgIpc) is 3.03. The van der Waals surface area contributed by atoms with E-state index in [2.05, 4.69) is 26.6 Å². The van der Waals surface area contributed by atoms with E-state index in [1.165, 1.54) is 14.0 Å². The highest BCUT2D eigenvalue weighted by Crippen LogP contribution is 2.50. The molecule has 0 heterocycles. The fraction of sp³-hybridized carbons (Fsp3) is 0.308. The number of hydrogen-bond donors (Lipinski definition) is 3. The van der Waals surface area contributed by atoms with Crippen molar-refractivity contribution < 1.29 is 29.0 Å².